The molecule has 0 aliphatic rings. The third-order valence-corrected chi connectivity index (χ3v) is 3.35. The Balaban J connectivity index is 2.80. The Kier molecular flexibility index (Phi) is 5.83. The van der Waals surface area contributed by atoms with Gasteiger partial charge in [0.2, 0.25) is 5.91 Å². The number of nitrogens with two attached hydrogens (primary N) is 1. The molecule has 1 amide bonds. The molecule has 4 nitrogen and oxygen atoms in total. The van der Waals surface area contributed by atoms with Crippen LogP contribution in [0.1, 0.15) is 30.9 Å². The molecule has 1 unspecified atom stereocenters. The van der Waals surface area contributed by atoms with Crippen LogP contribution in [0, 0.1) is 19.8 Å². The van der Waals surface area contributed by atoms with Crippen LogP contribution in [0.25, 0.3) is 0 Å². The molecule has 1 atom stereocenters. The Labute approximate surface area is 115 Å². The number of carbonyl (C=O) groups excluding carboxylic acids is 1. The van der Waals surface area contributed by atoms with Gasteiger partial charge in [-0.1, -0.05) is 13.0 Å². The summed E-state index contributed by atoms with van der Waals surface area (Å²) in [6.07, 6.45) is 1.68. The van der Waals surface area contributed by atoms with Gasteiger partial charge >= 0.3 is 0 Å². The molecule has 19 heavy (non-hydrogen) atoms. The van der Waals surface area contributed by atoms with Crippen molar-refractivity contribution in [2.45, 2.75) is 33.6 Å². The van der Waals surface area contributed by atoms with E-state index in [1.165, 1.54) is 0 Å². The molecule has 1 aromatic carbocycles. The molecule has 0 heterocycles. The van der Waals surface area contributed by atoms with Gasteiger partial charge in [0, 0.05) is 17.2 Å². The second-order valence-corrected chi connectivity index (χ2v) is 4.91. The highest BCUT2D eigenvalue weighted by Crippen LogP contribution is 2.29. The number of methoxy groups -OCH3 is 1. The first kappa shape index (κ1) is 15.5. The van der Waals surface area contributed by atoms with E-state index in [9.17, 15) is 4.79 Å². The van der Waals surface area contributed by atoms with E-state index in [0.717, 1.165) is 35.4 Å². The maximum atomic E-state index is 12.1. The van der Waals surface area contributed by atoms with E-state index >= 15 is 0 Å². The largest absolute Gasteiger partial charge is 0.496 e. The van der Waals surface area contributed by atoms with Gasteiger partial charge < -0.3 is 15.8 Å². The quantitative estimate of drug-likeness (QED) is 0.830. The third-order valence-electron chi connectivity index (χ3n) is 3.35. The predicted octanol–water partition coefficient (Wildman–Crippen LogP) is 2.63. The molecule has 4 heteroatoms. The number of rotatable bonds is 6. The van der Waals surface area contributed by atoms with Crippen molar-refractivity contribution in [1.29, 1.82) is 0 Å². The Hall–Kier alpha value is -1.55. The summed E-state index contributed by atoms with van der Waals surface area (Å²) in [7, 11) is 1.64. The lowest BCUT2D eigenvalue weighted by Gasteiger charge is -2.16. The van der Waals surface area contributed by atoms with Crippen molar-refractivity contribution in [3.8, 4) is 5.75 Å². The van der Waals surface area contributed by atoms with Gasteiger partial charge in [0.05, 0.1) is 7.11 Å². The number of carbonyl (C=O) groups is 1. The predicted molar refractivity (Wildman–Crippen MR) is 78.6 cm³/mol. The molecule has 1 rings (SSSR count). The minimum absolute atomic E-state index is 0.0301. The van der Waals surface area contributed by atoms with Gasteiger partial charge in [0.25, 0.3) is 0 Å². The van der Waals surface area contributed by atoms with Gasteiger partial charge in [-0.15, -0.1) is 0 Å². The highest BCUT2D eigenvalue weighted by molar-refractivity contribution is 5.93. The highest BCUT2D eigenvalue weighted by Gasteiger charge is 2.15. The number of hydrogen-bond acceptors (Lipinski definition) is 3. The summed E-state index contributed by atoms with van der Waals surface area (Å²) < 4.78 is 5.36. The van der Waals surface area contributed by atoms with E-state index in [0.29, 0.717) is 6.54 Å². The van der Waals surface area contributed by atoms with Crippen LogP contribution in [-0.4, -0.2) is 19.6 Å². The molecule has 3 N–H and O–H groups in total. The molecular formula is C15H24N2O2. The van der Waals surface area contributed by atoms with Crippen LogP contribution in [0.5, 0.6) is 5.75 Å². The minimum Gasteiger partial charge on any atom is -0.496 e. The number of nitrogens with one attached hydrogen (secondary N) is 1. The van der Waals surface area contributed by atoms with Crippen LogP contribution in [0.2, 0.25) is 0 Å². The van der Waals surface area contributed by atoms with Crippen LogP contribution in [0.15, 0.2) is 12.1 Å². The second-order valence-electron chi connectivity index (χ2n) is 4.91. The van der Waals surface area contributed by atoms with Crippen LogP contribution in [0.3, 0.4) is 0 Å². The summed E-state index contributed by atoms with van der Waals surface area (Å²) in [4.78, 5) is 12.1. The fourth-order valence-corrected chi connectivity index (χ4v) is 2.09. The Morgan fingerprint density at radius 2 is 2.11 bits per heavy atom. The average molecular weight is 264 g/mol. The average Bonchev–Trinajstić information content (AvgIpc) is 2.39. The monoisotopic (exact) mass is 264 g/mol. The molecule has 0 saturated carbocycles. The SMILES string of the molecule is COc1c(C)ccc(NC(=O)C(C)CCCN)c1C. The van der Waals surface area contributed by atoms with E-state index < -0.39 is 0 Å². The first-order valence-corrected chi connectivity index (χ1v) is 6.66. The molecule has 0 aromatic heterocycles. The van der Waals surface area contributed by atoms with Gasteiger partial charge in [-0.3, -0.25) is 4.79 Å². The van der Waals surface area contributed by atoms with Crippen molar-refractivity contribution in [2.75, 3.05) is 19.0 Å². The number of aryl methyl sites for hydroxylation is 1. The molecule has 1 aromatic rings. The van der Waals surface area contributed by atoms with E-state index in [2.05, 4.69) is 5.32 Å². The number of amides is 1. The molecular weight excluding hydrogens is 240 g/mol. The van der Waals surface area contributed by atoms with E-state index in [1.54, 1.807) is 7.11 Å². The molecule has 0 spiro atoms. The summed E-state index contributed by atoms with van der Waals surface area (Å²) in [6, 6.07) is 3.87. The van der Waals surface area contributed by atoms with Gasteiger partial charge in [-0.25, -0.2) is 0 Å². The van der Waals surface area contributed by atoms with Crippen molar-refractivity contribution in [1.82, 2.24) is 0 Å². The summed E-state index contributed by atoms with van der Waals surface area (Å²) in [6.45, 7) is 6.48. The van der Waals surface area contributed by atoms with Crippen molar-refractivity contribution < 1.29 is 9.53 Å². The van der Waals surface area contributed by atoms with Crippen LogP contribution < -0.4 is 15.8 Å². The zero-order valence-corrected chi connectivity index (χ0v) is 12.2. The number of benzene rings is 1. The molecule has 0 fully saturated rings. The lowest BCUT2D eigenvalue weighted by molar-refractivity contribution is -0.119. The maximum Gasteiger partial charge on any atom is 0.227 e. The van der Waals surface area contributed by atoms with Crippen molar-refractivity contribution in [3.63, 3.8) is 0 Å². The highest BCUT2D eigenvalue weighted by atomic mass is 16.5. The normalized spacial score (nSPS) is 12.1. The van der Waals surface area contributed by atoms with Crippen molar-refractivity contribution in [3.05, 3.63) is 23.3 Å². The second kappa shape index (κ2) is 7.14. The topological polar surface area (TPSA) is 64.3 Å². The summed E-state index contributed by atoms with van der Waals surface area (Å²) >= 11 is 0. The zero-order chi connectivity index (χ0) is 14.4. The summed E-state index contributed by atoms with van der Waals surface area (Å²) in [5.41, 5.74) is 8.30. The van der Waals surface area contributed by atoms with E-state index in [4.69, 9.17) is 10.5 Å². The van der Waals surface area contributed by atoms with E-state index in [1.807, 2.05) is 32.9 Å². The number of anilines is 1. The lowest BCUT2D eigenvalue weighted by Crippen LogP contribution is -2.21. The first-order chi connectivity index (χ1) is 9.01. The standard InChI is InChI=1S/C15H24N2O2/c1-10-7-8-13(12(3)14(10)19-4)17-15(18)11(2)6-5-9-16/h7-8,11H,5-6,9,16H2,1-4H3,(H,17,18). The Bertz CT molecular complexity index is 444. The van der Waals surface area contributed by atoms with Gasteiger partial charge in [-0.05, 0) is 44.9 Å². The molecule has 0 radical (unpaired) electrons. The maximum absolute atomic E-state index is 12.1. The first-order valence-electron chi connectivity index (χ1n) is 6.66. The minimum atomic E-state index is -0.0322. The number of hydrogen-bond donors (Lipinski definition) is 2. The molecule has 106 valence electrons. The molecule has 0 aliphatic heterocycles. The van der Waals surface area contributed by atoms with Crippen LogP contribution in [-0.2, 0) is 4.79 Å². The molecule has 0 bridgehead atoms. The fraction of sp³-hybridized carbons (Fsp3) is 0.533. The van der Waals surface area contributed by atoms with Crippen LogP contribution in [0.4, 0.5) is 5.69 Å². The van der Waals surface area contributed by atoms with Gasteiger partial charge in [0.15, 0.2) is 0 Å². The molecule has 0 saturated heterocycles. The van der Waals surface area contributed by atoms with Crippen molar-refractivity contribution in [2.24, 2.45) is 11.7 Å². The van der Waals surface area contributed by atoms with E-state index in [-0.39, 0.29) is 11.8 Å². The summed E-state index contributed by atoms with van der Waals surface area (Å²) in [5.74, 6) is 0.824. The number of ether oxygens (including phenoxy) is 1. The third kappa shape index (κ3) is 3.96. The fourth-order valence-electron chi connectivity index (χ4n) is 2.09. The zero-order valence-electron chi connectivity index (χ0n) is 12.2. The van der Waals surface area contributed by atoms with Gasteiger partial charge in [-0.2, -0.15) is 0 Å². The van der Waals surface area contributed by atoms with Crippen molar-refractivity contribution >= 4 is 11.6 Å². The Morgan fingerprint density at radius 1 is 1.42 bits per heavy atom. The summed E-state index contributed by atoms with van der Waals surface area (Å²) in [5, 5.41) is 2.96. The Morgan fingerprint density at radius 3 is 2.68 bits per heavy atom. The smallest absolute Gasteiger partial charge is 0.227 e. The molecule has 0 aliphatic carbocycles. The lowest BCUT2D eigenvalue weighted by atomic mass is 10.0. The van der Waals surface area contributed by atoms with Gasteiger partial charge in [0.1, 0.15) is 5.75 Å². The van der Waals surface area contributed by atoms with Crippen LogP contribution >= 0.6 is 0 Å².